The summed E-state index contributed by atoms with van der Waals surface area (Å²) in [5, 5.41) is 11.9. The van der Waals surface area contributed by atoms with Gasteiger partial charge in [-0.2, -0.15) is 0 Å². The predicted molar refractivity (Wildman–Crippen MR) is 81.5 cm³/mol. The van der Waals surface area contributed by atoms with E-state index in [1.165, 1.54) is 4.90 Å². The number of nitrogens with zero attached hydrogens (tertiary/aromatic N) is 1. The molecule has 0 spiro atoms. The first-order chi connectivity index (χ1) is 10.0. The van der Waals surface area contributed by atoms with Crippen LogP contribution in [0.4, 0.5) is 10.5 Å². The Morgan fingerprint density at radius 2 is 2.10 bits per heavy atom. The maximum Gasteiger partial charge on any atom is 0.323 e. The fourth-order valence-corrected chi connectivity index (χ4v) is 2.38. The molecule has 0 aliphatic heterocycles. The number of aliphatic carboxylic acids is 1. The first-order valence-electron chi connectivity index (χ1n) is 7.37. The second-order valence-corrected chi connectivity index (χ2v) is 5.61. The molecule has 1 saturated carbocycles. The fourth-order valence-electron chi connectivity index (χ4n) is 2.38. The van der Waals surface area contributed by atoms with Crippen molar-refractivity contribution in [2.75, 3.05) is 18.4 Å². The van der Waals surface area contributed by atoms with Gasteiger partial charge in [0.1, 0.15) is 6.54 Å². The Kier molecular flexibility index (Phi) is 4.83. The summed E-state index contributed by atoms with van der Waals surface area (Å²) in [6.45, 7) is 4.24. The van der Waals surface area contributed by atoms with Gasteiger partial charge in [-0.1, -0.05) is 25.1 Å². The lowest BCUT2D eigenvalue weighted by Gasteiger charge is -2.22. The van der Waals surface area contributed by atoms with E-state index in [-0.39, 0.29) is 12.6 Å². The number of amides is 2. The van der Waals surface area contributed by atoms with Crippen LogP contribution in [0.2, 0.25) is 0 Å². The monoisotopic (exact) mass is 290 g/mol. The molecule has 5 heteroatoms. The van der Waals surface area contributed by atoms with Gasteiger partial charge in [-0.3, -0.25) is 4.79 Å². The average molecular weight is 290 g/mol. The number of nitrogens with one attached hydrogen (secondary N) is 1. The van der Waals surface area contributed by atoms with Gasteiger partial charge in [0.25, 0.3) is 0 Å². The van der Waals surface area contributed by atoms with E-state index < -0.39 is 5.97 Å². The van der Waals surface area contributed by atoms with Gasteiger partial charge in [0.05, 0.1) is 0 Å². The van der Waals surface area contributed by atoms with Gasteiger partial charge in [-0.15, -0.1) is 0 Å². The van der Waals surface area contributed by atoms with Crippen molar-refractivity contribution in [2.45, 2.75) is 33.1 Å². The number of aryl methyl sites for hydroxylation is 2. The number of benzene rings is 1. The molecule has 2 amide bonds. The minimum atomic E-state index is -0.980. The summed E-state index contributed by atoms with van der Waals surface area (Å²) < 4.78 is 0. The number of hydrogen-bond acceptors (Lipinski definition) is 2. The maximum absolute atomic E-state index is 12.4. The van der Waals surface area contributed by atoms with Gasteiger partial charge in [-0.05, 0) is 43.2 Å². The molecule has 1 aliphatic rings. The number of carbonyl (C=O) groups is 2. The second kappa shape index (κ2) is 6.61. The maximum atomic E-state index is 12.4. The number of carboxylic acid groups (broad SMARTS) is 1. The van der Waals surface area contributed by atoms with E-state index in [1.807, 2.05) is 32.0 Å². The van der Waals surface area contributed by atoms with Crippen LogP contribution in [0.25, 0.3) is 0 Å². The van der Waals surface area contributed by atoms with Gasteiger partial charge in [0.15, 0.2) is 0 Å². The normalized spacial score (nSPS) is 13.8. The summed E-state index contributed by atoms with van der Waals surface area (Å²) in [7, 11) is 0. The van der Waals surface area contributed by atoms with Crippen molar-refractivity contribution in [1.29, 1.82) is 0 Å². The third-order valence-corrected chi connectivity index (χ3v) is 3.76. The van der Waals surface area contributed by atoms with Gasteiger partial charge in [0, 0.05) is 12.2 Å². The van der Waals surface area contributed by atoms with Gasteiger partial charge in [0.2, 0.25) is 0 Å². The summed E-state index contributed by atoms with van der Waals surface area (Å²) >= 11 is 0. The van der Waals surface area contributed by atoms with E-state index in [0.29, 0.717) is 12.5 Å². The van der Waals surface area contributed by atoms with Crippen LogP contribution in [0, 0.1) is 12.8 Å². The molecule has 0 unspecified atom stereocenters. The van der Waals surface area contributed by atoms with Crippen LogP contribution in [0.3, 0.4) is 0 Å². The van der Waals surface area contributed by atoms with E-state index in [2.05, 4.69) is 5.32 Å². The van der Waals surface area contributed by atoms with Crippen LogP contribution in [0.15, 0.2) is 18.2 Å². The van der Waals surface area contributed by atoms with Crippen molar-refractivity contribution in [3.05, 3.63) is 29.3 Å². The summed E-state index contributed by atoms with van der Waals surface area (Å²) in [4.78, 5) is 24.7. The Morgan fingerprint density at radius 1 is 1.38 bits per heavy atom. The van der Waals surface area contributed by atoms with Crippen molar-refractivity contribution in [3.8, 4) is 0 Å². The molecule has 114 valence electrons. The molecule has 1 aromatic carbocycles. The zero-order valence-electron chi connectivity index (χ0n) is 12.6. The predicted octanol–water partition coefficient (Wildman–Crippen LogP) is 2.89. The molecule has 21 heavy (non-hydrogen) atoms. The first kappa shape index (κ1) is 15.4. The van der Waals surface area contributed by atoms with E-state index in [0.717, 1.165) is 36.1 Å². The van der Waals surface area contributed by atoms with Gasteiger partial charge in [-0.25, -0.2) is 4.79 Å². The van der Waals surface area contributed by atoms with Crippen molar-refractivity contribution < 1.29 is 14.7 Å². The number of carboxylic acids is 1. The minimum Gasteiger partial charge on any atom is -0.480 e. The van der Waals surface area contributed by atoms with Crippen molar-refractivity contribution in [3.63, 3.8) is 0 Å². The highest BCUT2D eigenvalue weighted by Crippen LogP contribution is 2.30. The Hall–Kier alpha value is -2.04. The fraction of sp³-hybridized carbons (Fsp3) is 0.500. The van der Waals surface area contributed by atoms with Crippen molar-refractivity contribution in [2.24, 2.45) is 5.92 Å². The molecule has 0 heterocycles. The summed E-state index contributed by atoms with van der Waals surface area (Å²) in [6, 6.07) is 5.55. The lowest BCUT2D eigenvalue weighted by molar-refractivity contribution is -0.137. The molecule has 2 N–H and O–H groups in total. The minimum absolute atomic E-state index is 0.254. The number of rotatable bonds is 6. The lowest BCUT2D eigenvalue weighted by Crippen LogP contribution is -2.40. The largest absolute Gasteiger partial charge is 0.480 e. The van der Waals surface area contributed by atoms with Crippen LogP contribution in [0.1, 0.15) is 30.9 Å². The Bertz CT molecular complexity index is 538. The molecular weight excluding hydrogens is 268 g/mol. The molecule has 1 aromatic rings. The standard InChI is InChI=1S/C16H22N2O3/c1-3-13-6-4-5-11(2)15(13)17-16(21)18(10-14(19)20)9-12-7-8-12/h4-6,12H,3,7-10H2,1-2H3,(H,17,21)(H,19,20). The second-order valence-electron chi connectivity index (χ2n) is 5.61. The molecule has 0 radical (unpaired) electrons. The Balaban J connectivity index is 2.12. The lowest BCUT2D eigenvalue weighted by atomic mass is 10.1. The topological polar surface area (TPSA) is 69.6 Å². The van der Waals surface area contributed by atoms with E-state index >= 15 is 0 Å². The molecule has 2 rings (SSSR count). The Morgan fingerprint density at radius 3 is 2.67 bits per heavy atom. The Labute approximate surface area is 125 Å². The molecule has 0 atom stereocenters. The number of hydrogen-bond donors (Lipinski definition) is 2. The number of carbonyl (C=O) groups excluding carboxylic acids is 1. The molecular formula is C16H22N2O3. The van der Waals surface area contributed by atoms with Crippen LogP contribution in [0.5, 0.6) is 0 Å². The number of para-hydroxylation sites is 1. The zero-order chi connectivity index (χ0) is 15.4. The molecule has 1 aliphatic carbocycles. The number of anilines is 1. The average Bonchev–Trinajstić information content (AvgIpc) is 3.23. The third-order valence-electron chi connectivity index (χ3n) is 3.76. The smallest absolute Gasteiger partial charge is 0.323 e. The highest BCUT2D eigenvalue weighted by molar-refractivity contribution is 5.92. The van der Waals surface area contributed by atoms with E-state index in [4.69, 9.17) is 5.11 Å². The zero-order valence-corrected chi connectivity index (χ0v) is 12.6. The molecule has 5 nitrogen and oxygen atoms in total. The summed E-state index contributed by atoms with van der Waals surface area (Å²) in [6.07, 6.45) is 2.97. The molecule has 0 saturated heterocycles. The van der Waals surface area contributed by atoms with Crippen LogP contribution < -0.4 is 5.32 Å². The van der Waals surface area contributed by atoms with Gasteiger partial charge < -0.3 is 15.3 Å². The summed E-state index contributed by atoms with van der Waals surface area (Å²) in [5.74, 6) is -0.524. The SMILES string of the molecule is CCc1cccc(C)c1NC(=O)N(CC(=O)O)CC1CC1. The van der Waals surface area contributed by atoms with Crippen LogP contribution >= 0.6 is 0 Å². The quantitative estimate of drug-likeness (QED) is 0.846. The first-order valence-corrected chi connectivity index (χ1v) is 7.37. The summed E-state index contributed by atoms with van der Waals surface area (Å²) in [5.41, 5.74) is 2.85. The van der Waals surface area contributed by atoms with E-state index in [9.17, 15) is 9.59 Å². The number of urea groups is 1. The molecule has 0 aromatic heterocycles. The van der Waals surface area contributed by atoms with Crippen LogP contribution in [-0.4, -0.2) is 35.1 Å². The van der Waals surface area contributed by atoms with Gasteiger partial charge >= 0.3 is 12.0 Å². The van der Waals surface area contributed by atoms with E-state index in [1.54, 1.807) is 0 Å². The van der Waals surface area contributed by atoms with Crippen molar-refractivity contribution >= 4 is 17.7 Å². The highest BCUT2D eigenvalue weighted by atomic mass is 16.4. The molecule has 0 bridgehead atoms. The van der Waals surface area contributed by atoms with Crippen molar-refractivity contribution in [1.82, 2.24) is 4.90 Å². The highest BCUT2D eigenvalue weighted by Gasteiger charge is 2.28. The van der Waals surface area contributed by atoms with Crippen LogP contribution in [-0.2, 0) is 11.2 Å². The third kappa shape index (κ3) is 4.21. The molecule has 1 fully saturated rings.